The van der Waals surface area contributed by atoms with Crippen LogP contribution in [0.1, 0.15) is 36.0 Å². The Morgan fingerprint density at radius 3 is 2.57 bits per heavy atom. The Kier molecular flexibility index (Phi) is 5.48. The van der Waals surface area contributed by atoms with Crippen molar-refractivity contribution in [2.45, 2.75) is 31.8 Å². The first-order chi connectivity index (χ1) is 10.8. The van der Waals surface area contributed by atoms with Crippen molar-refractivity contribution in [3.63, 3.8) is 0 Å². The van der Waals surface area contributed by atoms with E-state index in [1.165, 1.54) is 13.2 Å². The number of hydrogen-bond donors (Lipinski definition) is 3. The fourth-order valence-electron chi connectivity index (χ4n) is 2.94. The lowest BCUT2D eigenvalue weighted by atomic mass is 10.0. The second-order valence-electron chi connectivity index (χ2n) is 5.74. The number of sulfonamides is 1. The van der Waals surface area contributed by atoms with Crippen LogP contribution in [0.15, 0.2) is 18.2 Å². The van der Waals surface area contributed by atoms with Crippen molar-refractivity contribution < 1.29 is 28.2 Å². The van der Waals surface area contributed by atoms with Crippen LogP contribution in [-0.2, 0) is 14.8 Å². The summed E-state index contributed by atoms with van der Waals surface area (Å²) in [4.78, 5) is 10.8. The molecule has 1 aliphatic rings. The molecule has 128 valence electrons. The van der Waals surface area contributed by atoms with Crippen LogP contribution in [0.2, 0.25) is 0 Å². The number of aromatic carboxylic acids is 1. The highest BCUT2D eigenvalue weighted by Gasteiger charge is 2.29. The summed E-state index contributed by atoms with van der Waals surface area (Å²) in [5.74, 6) is -1.70. The molecule has 1 aromatic rings. The third-order valence-electron chi connectivity index (χ3n) is 4.11. The summed E-state index contributed by atoms with van der Waals surface area (Å²) in [7, 11) is -2.16. The molecule has 7 nitrogen and oxygen atoms in total. The van der Waals surface area contributed by atoms with Crippen molar-refractivity contribution >= 4 is 21.7 Å². The first-order valence-corrected chi connectivity index (χ1v) is 9.07. The Labute approximate surface area is 135 Å². The lowest BCUT2D eigenvalue weighted by Crippen LogP contribution is -2.32. The molecule has 0 aromatic heterocycles. The first kappa shape index (κ1) is 17.6. The van der Waals surface area contributed by atoms with Crippen LogP contribution in [-0.4, -0.2) is 43.6 Å². The molecule has 1 fully saturated rings. The quantitative estimate of drug-likeness (QED) is 0.698. The van der Waals surface area contributed by atoms with Gasteiger partial charge in [0.1, 0.15) is 11.3 Å². The van der Waals surface area contributed by atoms with Crippen molar-refractivity contribution in [2.24, 2.45) is 5.92 Å². The minimum Gasteiger partial charge on any atom is -0.507 e. The smallest absolute Gasteiger partial charge is 0.339 e. The van der Waals surface area contributed by atoms with E-state index in [1.807, 2.05) is 0 Å². The van der Waals surface area contributed by atoms with Gasteiger partial charge in [-0.1, -0.05) is 12.8 Å². The van der Waals surface area contributed by atoms with Gasteiger partial charge in [0.2, 0.25) is 10.0 Å². The standard InChI is InChI=1S/C15H21NO6S/c1-22-14(10-4-2-3-5-10)9-23(20,21)16-11-6-7-12(15(18)19)13(17)8-11/h6-8,10,14,16-17H,2-5,9H2,1H3,(H,18,19). The van der Waals surface area contributed by atoms with Crippen LogP contribution in [0.5, 0.6) is 5.75 Å². The molecule has 0 spiro atoms. The van der Waals surface area contributed by atoms with E-state index in [-0.39, 0.29) is 29.0 Å². The van der Waals surface area contributed by atoms with Gasteiger partial charge in [-0.25, -0.2) is 13.2 Å². The Bertz CT molecular complexity index is 667. The molecule has 0 heterocycles. The summed E-state index contributed by atoms with van der Waals surface area (Å²) in [6.45, 7) is 0. The highest BCUT2D eigenvalue weighted by molar-refractivity contribution is 7.92. The van der Waals surface area contributed by atoms with Crippen LogP contribution >= 0.6 is 0 Å². The molecule has 8 heteroatoms. The number of hydrogen-bond acceptors (Lipinski definition) is 5. The minimum atomic E-state index is -3.67. The molecule has 0 aliphatic heterocycles. The third-order valence-corrected chi connectivity index (χ3v) is 5.43. The van der Waals surface area contributed by atoms with Gasteiger partial charge in [-0.2, -0.15) is 0 Å². The zero-order valence-electron chi connectivity index (χ0n) is 12.9. The zero-order chi connectivity index (χ0) is 17.0. The molecule has 1 saturated carbocycles. The zero-order valence-corrected chi connectivity index (χ0v) is 13.7. The number of benzene rings is 1. The molecule has 0 bridgehead atoms. The van der Waals surface area contributed by atoms with Gasteiger partial charge in [-0.05, 0) is 30.9 Å². The molecule has 0 amide bonds. The van der Waals surface area contributed by atoms with Gasteiger partial charge in [-0.15, -0.1) is 0 Å². The SMILES string of the molecule is COC(CS(=O)(=O)Nc1ccc(C(=O)O)c(O)c1)C1CCCC1. The Balaban J connectivity index is 2.08. The first-order valence-electron chi connectivity index (χ1n) is 7.42. The van der Waals surface area contributed by atoms with Gasteiger partial charge in [0.05, 0.1) is 17.5 Å². The van der Waals surface area contributed by atoms with Crippen LogP contribution < -0.4 is 4.72 Å². The van der Waals surface area contributed by atoms with Crippen LogP contribution in [0.25, 0.3) is 0 Å². The van der Waals surface area contributed by atoms with Gasteiger partial charge in [0, 0.05) is 13.2 Å². The van der Waals surface area contributed by atoms with E-state index in [0.29, 0.717) is 0 Å². The van der Waals surface area contributed by atoms with Crippen LogP contribution in [0.4, 0.5) is 5.69 Å². The molecular formula is C15H21NO6S. The normalized spacial score (nSPS) is 17.1. The molecular weight excluding hydrogens is 322 g/mol. The number of anilines is 1. The highest BCUT2D eigenvalue weighted by atomic mass is 32.2. The molecule has 2 rings (SSSR count). The number of rotatable bonds is 7. The van der Waals surface area contributed by atoms with E-state index >= 15 is 0 Å². The Morgan fingerprint density at radius 2 is 2.04 bits per heavy atom. The maximum Gasteiger partial charge on any atom is 0.339 e. The van der Waals surface area contributed by atoms with Gasteiger partial charge >= 0.3 is 5.97 Å². The number of nitrogens with one attached hydrogen (secondary N) is 1. The minimum absolute atomic E-state index is 0.119. The van der Waals surface area contributed by atoms with E-state index in [0.717, 1.165) is 37.8 Å². The van der Waals surface area contributed by atoms with E-state index in [2.05, 4.69) is 4.72 Å². The monoisotopic (exact) mass is 343 g/mol. The number of carboxylic acid groups (broad SMARTS) is 1. The lowest BCUT2D eigenvalue weighted by molar-refractivity contribution is 0.0693. The molecule has 23 heavy (non-hydrogen) atoms. The Morgan fingerprint density at radius 1 is 1.39 bits per heavy atom. The number of carbonyl (C=O) groups is 1. The molecule has 1 aromatic carbocycles. The second-order valence-corrected chi connectivity index (χ2v) is 7.51. The third kappa shape index (κ3) is 4.59. The Hall–Kier alpha value is -1.80. The largest absolute Gasteiger partial charge is 0.507 e. The van der Waals surface area contributed by atoms with Crippen molar-refractivity contribution in [1.82, 2.24) is 0 Å². The summed E-state index contributed by atoms with van der Waals surface area (Å²) in [5.41, 5.74) is -0.164. The number of ether oxygens (including phenoxy) is 1. The maximum absolute atomic E-state index is 12.3. The molecule has 0 radical (unpaired) electrons. The summed E-state index contributed by atoms with van der Waals surface area (Å²) in [6, 6.07) is 3.54. The van der Waals surface area contributed by atoms with Crippen molar-refractivity contribution in [2.75, 3.05) is 17.6 Å². The predicted octanol–water partition coefficient (Wildman–Crippen LogP) is 2.04. The summed E-state index contributed by atoms with van der Waals surface area (Å²) >= 11 is 0. The molecule has 1 unspecified atom stereocenters. The van der Waals surface area contributed by atoms with Gasteiger partial charge < -0.3 is 14.9 Å². The topological polar surface area (TPSA) is 113 Å². The number of methoxy groups -OCH3 is 1. The number of phenols is 1. The molecule has 3 N–H and O–H groups in total. The molecule has 1 aliphatic carbocycles. The average Bonchev–Trinajstić information content (AvgIpc) is 2.98. The van der Waals surface area contributed by atoms with Gasteiger partial charge in [0.25, 0.3) is 0 Å². The van der Waals surface area contributed by atoms with E-state index in [4.69, 9.17) is 9.84 Å². The van der Waals surface area contributed by atoms with Gasteiger partial charge in [-0.3, -0.25) is 4.72 Å². The number of carboxylic acids is 1. The number of aromatic hydroxyl groups is 1. The van der Waals surface area contributed by atoms with Crippen molar-refractivity contribution in [3.8, 4) is 5.75 Å². The fraction of sp³-hybridized carbons (Fsp3) is 0.533. The summed E-state index contributed by atoms with van der Waals surface area (Å²) in [5, 5.41) is 18.5. The summed E-state index contributed by atoms with van der Waals surface area (Å²) in [6.07, 6.45) is 3.72. The molecule has 0 saturated heterocycles. The van der Waals surface area contributed by atoms with E-state index in [1.54, 1.807) is 0 Å². The van der Waals surface area contributed by atoms with Crippen LogP contribution in [0, 0.1) is 5.92 Å². The maximum atomic E-state index is 12.3. The van der Waals surface area contributed by atoms with E-state index < -0.39 is 21.7 Å². The second kappa shape index (κ2) is 7.18. The van der Waals surface area contributed by atoms with Crippen molar-refractivity contribution in [3.05, 3.63) is 23.8 Å². The van der Waals surface area contributed by atoms with E-state index in [9.17, 15) is 18.3 Å². The lowest BCUT2D eigenvalue weighted by Gasteiger charge is -2.22. The highest BCUT2D eigenvalue weighted by Crippen LogP contribution is 2.30. The van der Waals surface area contributed by atoms with Crippen molar-refractivity contribution in [1.29, 1.82) is 0 Å². The predicted molar refractivity (Wildman–Crippen MR) is 85.2 cm³/mol. The fourth-order valence-corrected chi connectivity index (χ4v) is 4.35. The van der Waals surface area contributed by atoms with Crippen LogP contribution in [0.3, 0.4) is 0 Å². The van der Waals surface area contributed by atoms with Gasteiger partial charge in [0.15, 0.2) is 0 Å². The molecule has 1 atom stereocenters. The summed E-state index contributed by atoms with van der Waals surface area (Å²) < 4.78 is 32.2. The average molecular weight is 343 g/mol.